The molecule has 2 amide bonds. The van der Waals surface area contributed by atoms with Gasteiger partial charge in [0.05, 0.1) is 19.6 Å². The molecule has 2 aromatic rings. The van der Waals surface area contributed by atoms with Crippen molar-refractivity contribution in [2.75, 3.05) is 7.11 Å². The van der Waals surface area contributed by atoms with E-state index in [4.69, 9.17) is 4.74 Å². The molecule has 0 radical (unpaired) electrons. The average Bonchev–Trinajstić information content (AvgIpc) is 3.51. The van der Waals surface area contributed by atoms with Gasteiger partial charge >= 0.3 is 0 Å². The van der Waals surface area contributed by atoms with E-state index in [-0.39, 0.29) is 24.3 Å². The Kier molecular flexibility index (Phi) is 6.12. The van der Waals surface area contributed by atoms with Gasteiger partial charge in [0.25, 0.3) is 0 Å². The molecule has 0 heterocycles. The van der Waals surface area contributed by atoms with Crippen molar-refractivity contribution in [1.82, 2.24) is 10.2 Å². The molecule has 3 rings (SSSR count). The molecule has 0 aliphatic heterocycles. The van der Waals surface area contributed by atoms with Gasteiger partial charge in [-0.15, -0.1) is 0 Å². The molecular weight excluding hydrogens is 340 g/mol. The van der Waals surface area contributed by atoms with E-state index in [1.54, 1.807) is 7.11 Å². The highest BCUT2D eigenvalue weighted by molar-refractivity contribution is 5.79. The lowest BCUT2D eigenvalue weighted by molar-refractivity contribution is -0.133. The van der Waals surface area contributed by atoms with E-state index in [1.165, 1.54) is 6.92 Å². The van der Waals surface area contributed by atoms with Gasteiger partial charge in [-0.2, -0.15) is 0 Å². The minimum Gasteiger partial charge on any atom is -0.497 e. The summed E-state index contributed by atoms with van der Waals surface area (Å²) in [5.41, 5.74) is 2.02. The Morgan fingerprint density at radius 2 is 1.78 bits per heavy atom. The normalized spacial score (nSPS) is 14.3. The van der Waals surface area contributed by atoms with Crippen molar-refractivity contribution in [2.24, 2.45) is 0 Å². The summed E-state index contributed by atoms with van der Waals surface area (Å²) in [6, 6.07) is 17.5. The Morgan fingerprint density at radius 1 is 1.11 bits per heavy atom. The highest BCUT2D eigenvalue weighted by Crippen LogP contribution is 2.30. The van der Waals surface area contributed by atoms with E-state index < -0.39 is 0 Å². The van der Waals surface area contributed by atoms with Gasteiger partial charge in [-0.25, -0.2) is 0 Å². The number of methoxy groups -OCH3 is 1. The minimum atomic E-state index is -0.349. The lowest BCUT2D eigenvalue weighted by Crippen LogP contribution is -2.36. The van der Waals surface area contributed by atoms with Gasteiger partial charge < -0.3 is 15.0 Å². The predicted molar refractivity (Wildman–Crippen MR) is 104 cm³/mol. The molecule has 2 aromatic carbocycles. The molecule has 1 saturated carbocycles. The van der Waals surface area contributed by atoms with Crippen LogP contribution in [0, 0.1) is 0 Å². The number of ether oxygens (including phenoxy) is 1. The summed E-state index contributed by atoms with van der Waals surface area (Å²) in [6.07, 6.45) is 2.34. The fraction of sp³-hybridized carbons (Fsp3) is 0.364. The summed E-state index contributed by atoms with van der Waals surface area (Å²) < 4.78 is 5.19. The zero-order valence-electron chi connectivity index (χ0n) is 15.9. The summed E-state index contributed by atoms with van der Waals surface area (Å²) in [6.45, 7) is 2.09. The van der Waals surface area contributed by atoms with Crippen LogP contribution in [-0.2, 0) is 16.1 Å². The van der Waals surface area contributed by atoms with Crippen LogP contribution in [-0.4, -0.2) is 29.9 Å². The molecule has 0 spiro atoms. The number of nitrogens with one attached hydrogen (secondary N) is 1. The number of hydrogen-bond donors (Lipinski definition) is 1. The lowest BCUT2D eigenvalue weighted by Gasteiger charge is -2.26. The first kappa shape index (κ1) is 19.0. The number of hydrogen-bond acceptors (Lipinski definition) is 3. The molecule has 0 saturated heterocycles. The Morgan fingerprint density at radius 3 is 2.33 bits per heavy atom. The Bertz CT molecular complexity index is 770. The molecule has 1 aliphatic carbocycles. The van der Waals surface area contributed by atoms with E-state index in [0.717, 1.165) is 29.7 Å². The summed E-state index contributed by atoms with van der Waals surface area (Å²) in [7, 11) is 1.61. The SMILES string of the molecule is COc1ccc(C(CC(=O)N(Cc2ccccc2)C2CC2)NC(C)=O)cc1. The van der Waals surface area contributed by atoms with E-state index in [2.05, 4.69) is 5.32 Å². The average molecular weight is 366 g/mol. The van der Waals surface area contributed by atoms with Crippen LogP contribution in [0.5, 0.6) is 5.75 Å². The van der Waals surface area contributed by atoms with Crippen LogP contribution in [0.4, 0.5) is 0 Å². The van der Waals surface area contributed by atoms with E-state index in [9.17, 15) is 9.59 Å². The first-order chi connectivity index (χ1) is 13.1. The summed E-state index contributed by atoms with van der Waals surface area (Å²) in [5.74, 6) is 0.663. The van der Waals surface area contributed by atoms with Gasteiger partial charge in [0.1, 0.15) is 5.75 Å². The van der Waals surface area contributed by atoms with Crippen LogP contribution in [0.2, 0.25) is 0 Å². The van der Waals surface area contributed by atoms with E-state index in [0.29, 0.717) is 12.6 Å². The Hall–Kier alpha value is -2.82. The lowest BCUT2D eigenvalue weighted by atomic mass is 10.0. The summed E-state index contributed by atoms with van der Waals surface area (Å²) in [5, 5.41) is 2.92. The van der Waals surface area contributed by atoms with Crippen LogP contribution in [0.1, 0.15) is 43.4 Å². The van der Waals surface area contributed by atoms with Gasteiger partial charge in [-0.3, -0.25) is 9.59 Å². The van der Waals surface area contributed by atoms with Crippen LogP contribution >= 0.6 is 0 Å². The van der Waals surface area contributed by atoms with Crippen LogP contribution in [0.25, 0.3) is 0 Å². The van der Waals surface area contributed by atoms with Crippen molar-refractivity contribution in [3.05, 3.63) is 65.7 Å². The monoisotopic (exact) mass is 366 g/mol. The largest absolute Gasteiger partial charge is 0.497 e. The second-order valence-corrected chi connectivity index (χ2v) is 6.97. The maximum atomic E-state index is 13.1. The predicted octanol–water partition coefficient (Wildman–Crippen LogP) is 3.45. The zero-order chi connectivity index (χ0) is 19.2. The summed E-state index contributed by atoms with van der Waals surface area (Å²) in [4.78, 5) is 26.7. The highest BCUT2D eigenvalue weighted by atomic mass is 16.5. The molecule has 1 atom stereocenters. The van der Waals surface area contributed by atoms with Gasteiger partial charge in [0, 0.05) is 19.5 Å². The third-order valence-electron chi connectivity index (χ3n) is 4.78. The molecule has 142 valence electrons. The van der Waals surface area contributed by atoms with Gasteiger partial charge in [-0.05, 0) is 36.1 Å². The first-order valence-electron chi connectivity index (χ1n) is 9.31. The fourth-order valence-corrected chi connectivity index (χ4v) is 3.21. The van der Waals surface area contributed by atoms with Gasteiger partial charge in [0.15, 0.2) is 0 Å². The maximum Gasteiger partial charge on any atom is 0.225 e. The highest BCUT2D eigenvalue weighted by Gasteiger charge is 2.33. The molecule has 1 N–H and O–H groups in total. The van der Waals surface area contributed by atoms with Crippen molar-refractivity contribution in [2.45, 2.75) is 44.8 Å². The quantitative estimate of drug-likeness (QED) is 0.778. The number of carbonyl (C=O) groups is 2. The van der Waals surface area contributed by atoms with Crippen molar-refractivity contribution in [3.63, 3.8) is 0 Å². The summed E-state index contributed by atoms with van der Waals surface area (Å²) >= 11 is 0. The van der Waals surface area contributed by atoms with Crippen molar-refractivity contribution in [3.8, 4) is 5.75 Å². The van der Waals surface area contributed by atoms with E-state index >= 15 is 0 Å². The number of carbonyl (C=O) groups excluding carboxylic acids is 2. The first-order valence-corrected chi connectivity index (χ1v) is 9.31. The van der Waals surface area contributed by atoms with Crippen molar-refractivity contribution in [1.29, 1.82) is 0 Å². The molecular formula is C22H26N2O3. The topological polar surface area (TPSA) is 58.6 Å². The molecule has 1 fully saturated rings. The zero-order valence-corrected chi connectivity index (χ0v) is 15.9. The number of rotatable bonds is 8. The molecule has 27 heavy (non-hydrogen) atoms. The smallest absolute Gasteiger partial charge is 0.225 e. The minimum absolute atomic E-state index is 0.0657. The van der Waals surface area contributed by atoms with Gasteiger partial charge in [-0.1, -0.05) is 42.5 Å². The van der Waals surface area contributed by atoms with Gasteiger partial charge in [0.2, 0.25) is 11.8 Å². The molecule has 5 nitrogen and oxygen atoms in total. The fourth-order valence-electron chi connectivity index (χ4n) is 3.21. The number of amides is 2. The van der Waals surface area contributed by atoms with Crippen molar-refractivity contribution >= 4 is 11.8 Å². The number of nitrogens with zero attached hydrogens (tertiary/aromatic N) is 1. The number of benzene rings is 2. The molecule has 1 aliphatic rings. The standard InChI is InChI=1S/C22H26N2O3/c1-16(25)23-21(18-8-12-20(27-2)13-9-18)14-22(26)24(19-10-11-19)15-17-6-4-3-5-7-17/h3-9,12-13,19,21H,10-11,14-15H2,1-2H3,(H,23,25). The molecule has 0 aromatic heterocycles. The maximum absolute atomic E-state index is 13.1. The van der Waals surface area contributed by atoms with Crippen molar-refractivity contribution < 1.29 is 14.3 Å². The van der Waals surface area contributed by atoms with E-state index in [1.807, 2.05) is 59.5 Å². The second-order valence-electron chi connectivity index (χ2n) is 6.97. The Balaban J connectivity index is 1.74. The van der Waals surface area contributed by atoms with Crippen LogP contribution < -0.4 is 10.1 Å². The molecule has 0 bridgehead atoms. The second kappa shape index (κ2) is 8.71. The molecule has 5 heteroatoms. The Labute approximate surface area is 160 Å². The third-order valence-corrected chi connectivity index (χ3v) is 4.78. The third kappa shape index (κ3) is 5.33. The molecule has 1 unspecified atom stereocenters. The van der Waals surface area contributed by atoms with Crippen LogP contribution in [0.3, 0.4) is 0 Å². The van der Waals surface area contributed by atoms with Crippen LogP contribution in [0.15, 0.2) is 54.6 Å².